The Labute approximate surface area is 109 Å². The van der Waals surface area contributed by atoms with Gasteiger partial charge in [0, 0.05) is 11.8 Å². The zero-order chi connectivity index (χ0) is 13.0. The van der Waals surface area contributed by atoms with Crippen molar-refractivity contribution in [1.82, 2.24) is 4.98 Å². The fraction of sp³-hybridized carbons (Fsp3) is 0.643. The van der Waals surface area contributed by atoms with Crippen LogP contribution in [0.15, 0.2) is 18.3 Å². The molecule has 1 aromatic heterocycles. The highest BCUT2D eigenvalue weighted by atomic mass is 16.5. The lowest BCUT2D eigenvalue weighted by Gasteiger charge is -2.31. The molecule has 1 heterocycles. The van der Waals surface area contributed by atoms with E-state index in [1.165, 1.54) is 6.42 Å². The highest BCUT2D eigenvalue weighted by molar-refractivity contribution is 5.41. The predicted octanol–water partition coefficient (Wildman–Crippen LogP) is 2.71. The number of nitrogens with zero attached hydrogens (tertiary/aromatic N) is 1. The number of nitrogen functional groups attached to an aromatic ring is 1. The van der Waals surface area contributed by atoms with E-state index in [4.69, 9.17) is 10.6 Å². The summed E-state index contributed by atoms with van der Waals surface area (Å²) in [7, 11) is 0. The van der Waals surface area contributed by atoms with Gasteiger partial charge < -0.3 is 10.2 Å². The largest absolute Gasteiger partial charge is 0.373 e. The van der Waals surface area contributed by atoms with E-state index in [2.05, 4.69) is 24.3 Å². The highest BCUT2D eigenvalue weighted by Crippen LogP contribution is 2.31. The minimum atomic E-state index is 0.370. The fourth-order valence-corrected chi connectivity index (χ4v) is 2.90. The molecule has 0 saturated heterocycles. The first-order chi connectivity index (χ1) is 8.69. The van der Waals surface area contributed by atoms with E-state index in [-0.39, 0.29) is 0 Å². The fourth-order valence-electron chi connectivity index (χ4n) is 2.90. The molecule has 0 radical (unpaired) electrons. The average molecular weight is 249 g/mol. The summed E-state index contributed by atoms with van der Waals surface area (Å²) in [6.45, 7) is 5.20. The number of rotatable bonds is 4. The third kappa shape index (κ3) is 3.43. The van der Waals surface area contributed by atoms with Crippen molar-refractivity contribution in [3.8, 4) is 0 Å². The van der Waals surface area contributed by atoms with Crippen LogP contribution in [0.4, 0.5) is 5.82 Å². The van der Waals surface area contributed by atoms with Gasteiger partial charge in [-0.3, -0.25) is 0 Å². The smallest absolute Gasteiger partial charge is 0.145 e. The predicted molar refractivity (Wildman–Crippen MR) is 72.8 cm³/mol. The summed E-state index contributed by atoms with van der Waals surface area (Å²) in [6, 6.07) is 3.91. The van der Waals surface area contributed by atoms with Crippen LogP contribution < -0.4 is 11.3 Å². The van der Waals surface area contributed by atoms with Crippen molar-refractivity contribution in [2.75, 3.05) is 5.43 Å². The Morgan fingerprint density at radius 3 is 2.72 bits per heavy atom. The number of ether oxygens (including phenoxy) is 1. The molecule has 4 nitrogen and oxygen atoms in total. The summed E-state index contributed by atoms with van der Waals surface area (Å²) in [4.78, 5) is 4.17. The van der Waals surface area contributed by atoms with Gasteiger partial charge in [0.2, 0.25) is 0 Å². The molecule has 18 heavy (non-hydrogen) atoms. The van der Waals surface area contributed by atoms with Gasteiger partial charge in [0.1, 0.15) is 5.82 Å². The molecular weight excluding hydrogens is 226 g/mol. The third-order valence-electron chi connectivity index (χ3n) is 3.64. The first-order valence-corrected chi connectivity index (χ1v) is 6.71. The highest BCUT2D eigenvalue weighted by Gasteiger charge is 2.24. The van der Waals surface area contributed by atoms with Gasteiger partial charge in [0.25, 0.3) is 0 Å². The van der Waals surface area contributed by atoms with Crippen LogP contribution in [-0.2, 0) is 11.3 Å². The molecule has 3 N–H and O–H groups in total. The van der Waals surface area contributed by atoms with Gasteiger partial charge in [-0.25, -0.2) is 10.8 Å². The summed E-state index contributed by atoms with van der Waals surface area (Å²) in [6.07, 6.45) is 5.74. The van der Waals surface area contributed by atoms with Gasteiger partial charge in [0.05, 0.1) is 12.7 Å². The van der Waals surface area contributed by atoms with Gasteiger partial charge in [-0.15, -0.1) is 0 Å². The van der Waals surface area contributed by atoms with E-state index in [1.807, 2.05) is 12.1 Å². The minimum Gasteiger partial charge on any atom is -0.373 e. The quantitative estimate of drug-likeness (QED) is 0.636. The number of hydrazine groups is 1. The van der Waals surface area contributed by atoms with Crippen LogP contribution in [0, 0.1) is 11.8 Å². The van der Waals surface area contributed by atoms with E-state index < -0.39 is 0 Å². The molecule has 2 rings (SSSR count). The number of hydrogen-bond donors (Lipinski definition) is 2. The maximum Gasteiger partial charge on any atom is 0.145 e. The average Bonchev–Trinajstić information content (AvgIpc) is 2.35. The molecule has 2 atom stereocenters. The van der Waals surface area contributed by atoms with Crippen LogP contribution in [0.25, 0.3) is 0 Å². The summed E-state index contributed by atoms with van der Waals surface area (Å²) in [5.41, 5.74) is 3.63. The molecule has 0 spiro atoms. The monoisotopic (exact) mass is 249 g/mol. The molecule has 2 unspecified atom stereocenters. The zero-order valence-corrected chi connectivity index (χ0v) is 11.2. The van der Waals surface area contributed by atoms with E-state index in [9.17, 15) is 0 Å². The maximum absolute atomic E-state index is 6.02. The molecule has 4 heteroatoms. The van der Waals surface area contributed by atoms with Gasteiger partial charge in [0.15, 0.2) is 0 Å². The van der Waals surface area contributed by atoms with Crippen molar-refractivity contribution in [1.29, 1.82) is 0 Å². The minimum absolute atomic E-state index is 0.370. The SMILES string of the molecule is CC1CC(C)CC(OCc2cccnc2NN)C1. The van der Waals surface area contributed by atoms with Gasteiger partial charge >= 0.3 is 0 Å². The van der Waals surface area contributed by atoms with Crippen LogP contribution >= 0.6 is 0 Å². The summed E-state index contributed by atoms with van der Waals surface area (Å²) in [5.74, 6) is 7.67. The topological polar surface area (TPSA) is 60.2 Å². The molecule has 100 valence electrons. The number of aromatic nitrogens is 1. The van der Waals surface area contributed by atoms with Crippen molar-refractivity contribution in [3.05, 3.63) is 23.9 Å². The van der Waals surface area contributed by atoms with Crippen LogP contribution in [0.2, 0.25) is 0 Å². The number of nitrogens with two attached hydrogens (primary N) is 1. The second-order valence-electron chi connectivity index (χ2n) is 5.51. The first kappa shape index (κ1) is 13.3. The standard InChI is InChI=1S/C14H23N3O/c1-10-6-11(2)8-13(7-10)18-9-12-4-3-5-16-14(12)17-15/h3-5,10-11,13H,6-9,15H2,1-2H3,(H,16,17). The van der Waals surface area contributed by atoms with Gasteiger partial charge in [-0.05, 0) is 37.2 Å². The lowest BCUT2D eigenvalue weighted by atomic mass is 9.82. The summed E-state index contributed by atoms with van der Waals surface area (Å²) >= 11 is 0. The second-order valence-corrected chi connectivity index (χ2v) is 5.51. The molecule has 0 aromatic carbocycles. The molecule has 0 bridgehead atoms. The van der Waals surface area contributed by atoms with E-state index in [0.717, 1.165) is 30.2 Å². The van der Waals surface area contributed by atoms with Crippen molar-refractivity contribution >= 4 is 5.82 Å². The van der Waals surface area contributed by atoms with Crippen LogP contribution in [0.5, 0.6) is 0 Å². The zero-order valence-electron chi connectivity index (χ0n) is 11.2. The summed E-state index contributed by atoms with van der Waals surface area (Å²) < 4.78 is 6.02. The molecule has 0 amide bonds. The van der Waals surface area contributed by atoms with Gasteiger partial charge in [-0.1, -0.05) is 19.9 Å². The van der Waals surface area contributed by atoms with Crippen LogP contribution in [0.1, 0.15) is 38.7 Å². The third-order valence-corrected chi connectivity index (χ3v) is 3.64. The Morgan fingerprint density at radius 1 is 1.33 bits per heavy atom. The molecular formula is C14H23N3O. The Bertz CT molecular complexity index is 373. The van der Waals surface area contributed by atoms with Crippen molar-refractivity contribution in [3.63, 3.8) is 0 Å². The lowest BCUT2D eigenvalue weighted by molar-refractivity contribution is -0.00902. The number of hydrogen-bond acceptors (Lipinski definition) is 4. The Kier molecular flexibility index (Phi) is 4.55. The summed E-state index contributed by atoms with van der Waals surface area (Å²) in [5, 5.41) is 0. The van der Waals surface area contributed by atoms with Crippen molar-refractivity contribution in [2.24, 2.45) is 17.7 Å². The normalized spacial score (nSPS) is 28.1. The van der Waals surface area contributed by atoms with Crippen molar-refractivity contribution in [2.45, 2.75) is 45.8 Å². The maximum atomic E-state index is 6.02. The van der Waals surface area contributed by atoms with E-state index >= 15 is 0 Å². The Hall–Kier alpha value is -1.13. The van der Waals surface area contributed by atoms with Crippen LogP contribution in [-0.4, -0.2) is 11.1 Å². The van der Waals surface area contributed by atoms with Crippen molar-refractivity contribution < 1.29 is 4.74 Å². The molecule has 1 aliphatic rings. The van der Waals surface area contributed by atoms with Crippen LogP contribution in [0.3, 0.4) is 0 Å². The number of pyridine rings is 1. The Morgan fingerprint density at radius 2 is 2.06 bits per heavy atom. The molecule has 1 saturated carbocycles. The number of nitrogens with one attached hydrogen (secondary N) is 1. The molecule has 1 aromatic rings. The van der Waals surface area contributed by atoms with Gasteiger partial charge in [-0.2, -0.15) is 0 Å². The van der Waals surface area contributed by atoms with E-state index in [1.54, 1.807) is 6.20 Å². The number of anilines is 1. The lowest BCUT2D eigenvalue weighted by Crippen LogP contribution is -2.26. The molecule has 1 aliphatic carbocycles. The first-order valence-electron chi connectivity index (χ1n) is 6.71. The Balaban J connectivity index is 1.91. The molecule has 1 fully saturated rings. The molecule has 0 aliphatic heterocycles. The van der Waals surface area contributed by atoms with E-state index in [0.29, 0.717) is 18.5 Å². The second kappa shape index (κ2) is 6.16.